The lowest BCUT2D eigenvalue weighted by Gasteiger charge is -2.38. The molecule has 3 nitrogen and oxygen atoms in total. The highest BCUT2D eigenvalue weighted by Crippen LogP contribution is 2.40. The van der Waals surface area contributed by atoms with Gasteiger partial charge in [-0.2, -0.15) is 0 Å². The van der Waals surface area contributed by atoms with Gasteiger partial charge in [0.2, 0.25) is 0 Å². The summed E-state index contributed by atoms with van der Waals surface area (Å²) in [4.78, 5) is 0. The summed E-state index contributed by atoms with van der Waals surface area (Å²) in [6.45, 7) is 5.14. The van der Waals surface area contributed by atoms with E-state index in [0.29, 0.717) is 6.54 Å². The van der Waals surface area contributed by atoms with Gasteiger partial charge < -0.3 is 15.2 Å². The summed E-state index contributed by atoms with van der Waals surface area (Å²) in [5.41, 5.74) is 7.34. The van der Waals surface area contributed by atoms with E-state index in [1.54, 1.807) is 0 Å². The second-order valence-corrected chi connectivity index (χ2v) is 4.94. The minimum Gasteiger partial charge on any atom is -0.493 e. The molecule has 100 valence electrons. The van der Waals surface area contributed by atoms with E-state index in [4.69, 9.17) is 15.2 Å². The van der Waals surface area contributed by atoms with Gasteiger partial charge in [0.1, 0.15) is 5.75 Å². The van der Waals surface area contributed by atoms with Crippen molar-refractivity contribution in [2.45, 2.75) is 31.6 Å². The van der Waals surface area contributed by atoms with Crippen LogP contribution in [0.5, 0.6) is 5.75 Å². The maximum absolute atomic E-state index is 6.06. The molecular formula is C15H23NO2. The molecule has 0 aromatic heterocycles. The fraction of sp³-hybridized carbons (Fsp3) is 0.600. The molecule has 1 aliphatic heterocycles. The van der Waals surface area contributed by atoms with Crippen LogP contribution in [0, 0.1) is 0 Å². The lowest BCUT2D eigenvalue weighted by atomic mass is 9.73. The van der Waals surface area contributed by atoms with Gasteiger partial charge in [-0.3, -0.25) is 0 Å². The summed E-state index contributed by atoms with van der Waals surface area (Å²) in [7, 11) is 0. The fourth-order valence-corrected chi connectivity index (χ4v) is 2.61. The van der Waals surface area contributed by atoms with E-state index in [1.165, 1.54) is 5.56 Å². The highest BCUT2D eigenvalue weighted by Gasteiger charge is 2.36. The summed E-state index contributed by atoms with van der Waals surface area (Å²) >= 11 is 0. The summed E-state index contributed by atoms with van der Waals surface area (Å²) in [5, 5.41) is 0. The third-order valence-electron chi connectivity index (χ3n) is 3.76. The quantitative estimate of drug-likeness (QED) is 0.788. The van der Waals surface area contributed by atoms with Crippen LogP contribution in [0.3, 0.4) is 0 Å². The Hall–Kier alpha value is -1.06. The SMILES string of the molecule is CCCOCCC1(CN)CCOc2ccccc21. The molecule has 1 heterocycles. The molecule has 0 radical (unpaired) electrons. The molecule has 0 fully saturated rings. The van der Waals surface area contributed by atoms with E-state index >= 15 is 0 Å². The first-order chi connectivity index (χ1) is 8.82. The van der Waals surface area contributed by atoms with E-state index < -0.39 is 0 Å². The Balaban J connectivity index is 2.12. The number of rotatable bonds is 6. The van der Waals surface area contributed by atoms with Gasteiger partial charge in [0.15, 0.2) is 0 Å². The summed E-state index contributed by atoms with van der Waals surface area (Å²) in [5.74, 6) is 0.990. The zero-order chi connectivity index (χ0) is 12.8. The van der Waals surface area contributed by atoms with Crippen LogP contribution in [-0.2, 0) is 10.2 Å². The summed E-state index contributed by atoms with van der Waals surface area (Å²) in [6, 6.07) is 8.25. The first-order valence-electron chi connectivity index (χ1n) is 6.82. The van der Waals surface area contributed by atoms with Crippen molar-refractivity contribution >= 4 is 0 Å². The molecule has 1 aliphatic rings. The standard InChI is InChI=1S/C15H23NO2/c1-2-9-17-10-7-15(12-16)8-11-18-14-6-4-3-5-13(14)15/h3-6H,2,7-12,16H2,1H3. The Bertz CT molecular complexity index is 381. The monoisotopic (exact) mass is 249 g/mol. The molecule has 2 rings (SSSR count). The van der Waals surface area contributed by atoms with Crippen molar-refractivity contribution in [2.75, 3.05) is 26.4 Å². The maximum atomic E-state index is 6.06. The highest BCUT2D eigenvalue weighted by molar-refractivity contribution is 5.41. The molecule has 0 aliphatic carbocycles. The molecule has 0 amide bonds. The Labute approximate surface area is 109 Å². The number of benzene rings is 1. The van der Waals surface area contributed by atoms with Crippen LogP contribution in [0.4, 0.5) is 0 Å². The molecule has 2 N–H and O–H groups in total. The molecule has 0 saturated heterocycles. The predicted molar refractivity (Wildman–Crippen MR) is 73.0 cm³/mol. The van der Waals surface area contributed by atoms with Crippen LogP contribution in [0.1, 0.15) is 31.7 Å². The Morgan fingerprint density at radius 2 is 2.17 bits per heavy atom. The van der Waals surface area contributed by atoms with Gasteiger partial charge >= 0.3 is 0 Å². The van der Waals surface area contributed by atoms with E-state index in [2.05, 4.69) is 19.1 Å². The number of para-hydroxylation sites is 1. The topological polar surface area (TPSA) is 44.5 Å². The first-order valence-corrected chi connectivity index (χ1v) is 6.82. The van der Waals surface area contributed by atoms with Crippen molar-refractivity contribution in [3.63, 3.8) is 0 Å². The summed E-state index contributed by atoms with van der Waals surface area (Å²) in [6.07, 6.45) is 3.02. The third kappa shape index (κ3) is 2.68. The van der Waals surface area contributed by atoms with Crippen LogP contribution < -0.4 is 10.5 Å². The minimum atomic E-state index is 0.0303. The van der Waals surface area contributed by atoms with Crippen LogP contribution in [-0.4, -0.2) is 26.4 Å². The molecule has 1 aromatic rings. The fourth-order valence-electron chi connectivity index (χ4n) is 2.61. The van der Waals surface area contributed by atoms with Gasteiger partial charge in [-0.25, -0.2) is 0 Å². The van der Waals surface area contributed by atoms with Crippen molar-refractivity contribution < 1.29 is 9.47 Å². The van der Waals surface area contributed by atoms with E-state index in [1.807, 2.05) is 12.1 Å². The number of ether oxygens (including phenoxy) is 2. The van der Waals surface area contributed by atoms with Crippen molar-refractivity contribution in [1.82, 2.24) is 0 Å². The lowest BCUT2D eigenvalue weighted by Crippen LogP contribution is -2.40. The molecule has 1 unspecified atom stereocenters. The number of hydrogen-bond acceptors (Lipinski definition) is 3. The molecule has 3 heteroatoms. The predicted octanol–water partition coefficient (Wildman–Crippen LogP) is 2.48. The smallest absolute Gasteiger partial charge is 0.123 e. The molecule has 1 aromatic carbocycles. The number of hydrogen-bond donors (Lipinski definition) is 1. The summed E-state index contributed by atoms with van der Waals surface area (Å²) < 4.78 is 11.3. The van der Waals surface area contributed by atoms with Crippen molar-refractivity contribution in [1.29, 1.82) is 0 Å². The van der Waals surface area contributed by atoms with Crippen LogP contribution in [0.2, 0.25) is 0 Å². The Morgan fingerprint density at radius 1 is 1.33 bits per heavy atom. The molecule has 18 heavy (non-hydrogen) atoms. The molecular weight excluding hydrogens is 226 g/mol. The van der Waals surface area contributed by atoms with Gasteiger partial charge in [0.05, 0.1) is 6.61 Å². The van der Waals surface area contributed by atoms with Gasteiger partial charge in [0.25, 0.3) is 0 Å². The van der Waals surface area contributed by atoms with E-state index in [0.717, 1.165) is 44.8 Å². The second-order valence-electron chi connectivity index (χ2n) is 4.94. The van der Waals surface area contributed by atoms with Crippen molar-refractivity contribution in [2.24, 2.45) is 5.73 Å². The lowest BCUT2D eigenvalue weighted by molar-refractivity contribution is 0.102. The van der Waals surface area contributed by atoms with Crippen LogP contribution >= 0.6 is 0 Å². The van der Waals surface area contributed by atoms with Crippen molar-refractivity contribution in [3.8, 4) is 5.75 Å². The second kappa shape index (κ2) is 6.21. The van der Waals surface area contributed by atoms with Gasteiger partial charge in [-0.1, -0.05) is 25.1 Å². The van der Waals surface area contributed by atoms with Gasteiger partial charge in [0, 0.05) is 30.7 Å². The average Bonchev–Trinajstić information content (AvgIpc) is 2.44. The molecule has 0 spiro atoms. The molecule has 1 atom stereocenters. The normalized spacial score (nSPS) is 22.3. The Morgan fingerprint density at radius 3 is 2.94 bits per heavy atom. The Kier molecular flexibility index (Phi) is 4.61. The third-order valence-corrected chi connectivity index (χ3v) is 3.76. The number of fused-ring (bicyclic) bond motifs is 1. The average molecular weight is 249 g/mol. The first kappa shape index (κ1) is 13.4. The zero-order valence-corrected chi connectivity index (χ0v) is 11.2. The van der Waals surface area contributed by atoms with E-state index in [-0.39, 0.29) is 5.41 Å². The minimum absolute atomic E-state index is 0.0303. The highest BCUT2D eigenvalue weighted by atomic mass is 16.5. The van der Waals surface area contributed by atoms with Gasteiger partial charge in [-0.05, 0) is 25.3 Å². The zero-order valence-electron chi connectivity index (χ0n) is 11.2. The van der Waals surface area contributed by atoms with Crippen molar-refractivity contribution in [3.05, 3.63) is 29.8 Å². The van der Waals surface area contributed by atoms with E-state index in [9.17, 15) is 0 Å². The molecule has 0 bridgehead atoms. The van der Waals surface area contributed by atoms with Gasteiger partial charge in [-0.15, -0.1) is 0 Å². The number of nitrogens with two attached hydrogens (primary N) is 1. The molecule has 0 saturated carbocycles. The maximum Gasteiger partial charge on any atom is 0.123 e. The van der Waals surface area contributed by atoms with Crippen LogP contribution in [0.25, 0.3) is 0 Å². The largest absolute Gasteiger partial charge is 0.493 e. The van der Waals surface area contributed by atoms with Crippen LogP contribution in [0.15, 0.2) is 24.3 Å².